The van der Waals surface area contributed by atoms with E-state index in [0.29, 0.717) is 12.1 Å². The molecule has 0 saturated heterocycles. The van der Waals surface area contributed by atoms with Crippen molar-refractivity contribution in [2.24, 2.45) is 5.73 Å². The van der Waals surface area contributed by atoms with Gasteiger partial charge in [-0.25, -0.2) is 4.39 Å². The van der Waals surface area contributed by atoms with Crippen molar-refractivity contribution in [3.05, 3.63) is 29.6 Å². The molecule has 11 heavy (non-hydrogen) atoms. The van der Waals surface area contributed by atoms with Gasteiger partial charge in [0.15, 0.2) is 0 Å². The van der Waals surface area contributed by atoms with E-state index >= 15 is 0 Å². The number of nitrogens with two attached hydrogens (primary N) is 1. The molecule has 0 aliphatic heterocycles. The zero-order valence-electron chi connectivity index (χ0n) is 6.42. The number of alkyl halides is 1. The van der Waals surface area contributed by atoms with Crippen LogP contribution in [0, 0.1) is 0 Å². The lowest BCUT2D eigenvalue weighted by atomic mass is 10.1. The lowest BCUT2D eigenvalue weighted by Crippen LogP contribution is -1.98. The van der Waals surface area contributed by atoms with Gasteiger partial charge in [0, 0.05) is 24.5 Å². The molecule has 60 valence electrons. The highest BCUT2D eigenvalue weighted by atomic mass is 19.1. The SMILES string of the molecule is C[C@@H](F)c1cncc(CN)c1. The van der Waals surface area contributed by atoms with Gasteiger partial charge in [-0.2, -0.15) is 0 Å². The average molecular weight is 154 g/mol. The Kier molecular flexibility index (Phi) is 2.54. The van der Waals surface area contributed by atoms with E-state index in [1.807, 2.05) is 0 Å². The first-order valence-electron chi connectivity index (χ1n) is 3.52. The predicted molar refractivity (Wildman–Crippen MR) is 41.7 cm³/mol. The van der Waals surface area contributed by atoms with E-state index in [-0.39, 0.29) is 0 Å². The maximum absolute atomic E-state index is 12.7. The van der Waals surface area contributed by atoms with Crippen LogP contribution >= 0.6 is 0 Å². The normalized spacial score (nSPS) is 13.0. The van der Waals surface area contributed by atoms with E-state index in [0.717, 1.165) is 5.56 Å². The minimum atomic E-state index is -0.964. The Morgan fingerprint density at radius 3 is 2.91 bits per heavy atom. The van der Waals surface area contributed by atoms with Crippen molar-refractivity contribution in [3.8, 4) is 0 Å². The van der Waals surface area contributed by atoms with E-state index in [9.17, 15) is 4.39 Å². The number of halogens is 1. The van der Waals surface area contributed by atoms with Crippen LogP contribution in [0.3, 0.4) is 0 Å². The van der Waals surface area contributed by atoms with Crippen molar-refractivity contribution in [1.82, 2.24) is 4.98 Å². The average Bonchev–Trinajstić information content (AvgIpc) is 2.05. The van der Waals surface area contributed by atoms with Crippen LogP contribution in [0.4, 0.5) is 4.39 Å². The van der Waals surface area contributed by atoms with E-state index in [1.54, 1.807) is 12.3 Å². The highest BCUT2D eigenvalue weighted by Crippen LogP contribution is 2.15. The number of pyridine rings is 1. The van der Waals surface area contributed by atoms with E-state index in [4.69, 9.17) is 5.73 Å². The lowest BCUT2D eigenvalue weighted by molar-refractivity contribution is 0.373. The van der Waals surface area contributed by atoms with Crippen LogP contribution < -0.4 is 5.73 Å². The summed E-state index contributed by atoms with van der Waals surface area (Å²) in [6.07, 6.45) is 2.20. The number of nitrogens with zero attached hydrogens (tertiary/aromatic N) is 1. The summed E-state index contributed by atoms with van der Waals surface area (Å²) in [6.45, 7) is 1.89. The topological polar surface area (TPSA) is 38.9 Å². The second-order valence-electron chi connectivity index (χ2n) is 2.45. The highest BCUT2D eigenvalue weighted by Gasteiger charge is 2.02. The maximum Gasteiger partial charge on any atom is 0.124 e. The Morgan fingerprint density at radius 1 is 1.64 bits per heavy atom. The molecule has 1 aromatic rings. The molecule has 1 heterocycles. The van der Waals surface area contributed by atoms with Gasteiger partial charge >= 0.3 is 0 Å². The molecule has 0 radical (unpaired) electrons. The smallest absolute Gasteiger partial charge is 0.124 e. The molecule has 2 N–H and O–H groups in total. The largest absolute Gasteiger partial charge is 0.326 e. The second kappa shape index (κ2) is 3.44. The van der Waals surface area contributed by atoms with Crippen LogP contribution in [-0.4, -0.2) is 4.98 Å². The molecule has 0 aliphatic rings. The third kappa shape index (κ3) is 1.98. The zero-order valence-corrected chi connectivity index (χ0v) is 6.42. The number of aromatic nitrogens is 1. The Hall–Kier alpha value is -0.960. The summed E-state index contributed by atoms with van der Waals surface area (Å²) in [5, 5.41) is 0. The third-order valence-corrected chi connectivity index (χ3v) is 1.51. The first kappa shape index (κ1) is 8.14. The molecule has 0 spiro atoms. The van der Waals surface area contributed by atoms with Crippen molar-refractivity contribution in [2.75, 3.05) is 0 Å². The lowest BCUT2D eigenvalue weighted by Gasteiger charge is -2.02. The summed E-state index contributed by atoms with van der Waals surface area (Å²) in [7, 11) is 0. The van der Waals surface area contributed by atoms with Gasteiger partial charge < -0.3 is 5.73 Å². The number of hydrogen-bond donors (Lipinski definition) is 1. The van der Waals surface area contributed by atoms with Crippen molar-refractivity contribution in [2.45, 2.75) is 19.6 Å². The summed E-state index contributed by atoms with van der Waals surface area (Å²) in [6, 6.07) is 1.73. The van der Waals surface area contributed by atoms with E-state index in [2.05, 4.69) is 4.98 Å². The molecule has 2 nitrogen and oxygen atoms in total. The van der Waals surface area contributed by atoms with Crippen molar-refractivity contribution < 1.29 is 4.39 Å². The molecule has 0 aliphatic carbocycles. The summed E-state index contributed by atoms with van der Waals surface area (Å²) in [5.41, 5.74) is 6.81. The minimum Gasteiger partial charge on any atom is -0.326 e. The van der Waals surface area contributed by atoms with Crippen LogP contribution in [0.1, 0.15) is 24.2 Å². The molecule has 0 unspecified atom stereocenters. The second-order valence-corrected chi connectivity index (χ2v) is 2.45. The maximum atomic E-state index is 12.7. The van der Waals surface area contributed by atoms with Crippen molar-refractivity contribution in [1.29, 1.82) is 0 Å². The molecule has 1 aromatic heterocycles. The molecule has 0 amide bonds. The molecular weight excluding hydrogens is 143 g/mol. The third-order valence-electron chi connectivity index (χ3n) is 1.51. The molecular formula is C8H11FN2. The van der Waals surface area contributed by atoms with Gasteiger partial charge in [-0.05, 0) is 18.6 Å². The summed E-state index contributed by atoms with van der Waals surface area (Å²) in [4.78, 5) is 3.86. The van der Waals surface area contributed by atoms with Crippen LogP contribution in [-0.2, 0) is 6.54 Å². The number of hydrogen-bond acceptors (Lipinski definition) is 2. The standard InChI is InChI=1S/C8H11FN2/c1-6(9)8-2-7(3-10)4-11-5-8/h2,4-6H,3,10H2,1H3/t6-/m1/s1. The van der Waals surface area contributed by atoms with Crippen LogP contribution in [0.15, 0.2) is 18.5 Å². The fourth-order valence-corrected chi connectivity index (χ4v) is 0.837. The van der Waals surface area contributed by atoms with Crippen LogP contribution in [0.2, 0.25) is 0 Å². The van der Waals surface area contributed by atoms with Gasteiger partial charge in [0.25, 0.3) is 0 Å². The van der Waals surface area contributed by atoms with Gasteiger partial charge in [0.05, 0.1) is 0 Å². The molecule has 3 heteroatoms. The zero-order chi connectivity index (χ0) is 8.27. The molecule has 1 atom stereocenters. The van der Waals surface area contributed by atoms with Gasteiger partial charge in [-0.15, -0.1) is 0 Å². The Bertz CT molecular complexity index is 235. The molecule has 0 aromatic carbocycles. The number of rotatable bonds is 2. The quantitative estimate of drug-likeness (QED) is 0.702. The van der Waals surface area contributed by atoms with Gasteiger partial charge in [-0.1, -0.05) is 0 Å². The van der Waals surface area contributed by atoms with Crippen molar-refractivity contribution in [3.63, 3.8) is 0 Å². The minimum absolute atomic E-state index is 0.410. The highest BCUT2D eigenvalue weighted by molar-refractivity contribution is 5.19. The van der Waals surface area contributed by atoms with Crippen molar-refractivity contribution >= 4 is 0 Å². The summed E-state index contributed by atoms with van der Waals surface area (Å²) >= 11 is 0. The fourth-order valence-electron chi connectivity index (χ4n) is 0.837. The first-order chi connectivity index (χ1) is 5.24. The summed E-state index contributed by atoms with van der Waals surface area (Å²) < 4.78 is 12.7. The molecule has 0 bridgehead atoms. The fraction of sp³-hybridized carbons (Fsp3) is 0.375. The molecule has 1 rings (SSSR count). The van der Waals surface area contributed by atoms with Crippen LogP contribution in [0.25, 0.3) is 0 Å². The van der Waals surface area contributed by atoms with Gasteiger partial charge in [-0.3, -0.25) is 4.98 Å². The van der Waals surface area contributed by atoms with Crippen LogP contribution in [0.5, 0.6) is 0 Å². The molecule has 0 fully saturated rings. The summed E-state index contributed by atoms with van der Waals surface area (Å²) in [5.74, 6) is 0. The predicted octanol–water partition coefficient (Wildman–Crippen LogP) is 1.57. The van der Waals surface area contributed by atoms with Gasteiger partial charge in [0.1, 0.15) is 6.17 Å². The Balaban J connectivity index is 2.91. The van der Waals surface area contributed by atoms with Gasteiger partial charge in [0.2, 0.25) is 0 Å². The first-order valence-corrected chi connectivity index (χ1v) is 3.52. The Labute approximate surface area is 65.3 Å². The Morgan fingerprint density at radius 2 is 2.36 bits per heavy atom. The van der Waals surface area contributed by atoms with E-state index < -0.39 is 6.17 Å². The molecule has 0 saturated carbocycles. The van der Waals surface area contributed by atoms with E-state index in [1.165, 1.54) is 13.1 Å². The monoisotopic (exact) mass is 154 g/mol.